The Morgan fingerprint density at radius 1 is 1.19 bits per heavy atom. The second-order valence-electron chi connectivity index (χ2n) is 7.15. The largest absolute Gasteiger partial charge is 0.376 e. The van der Waals surface area contributed by atoms with Gasteiger partial charge in [0.2, 0.25) is 5.95 Å². The Kier molecular flexibility index (Phi) is 5.48. The van der Waals surface area contributed by atoms with Gasteiger partial charge in [0, 0.05) is 44.2 Å². The molecule has 0 saturated carbocycles. The summed E-state index contributed by atoms with van der Waals surface area (Å²) >= 11 is 0. The third-order valence-electron chi connectivity index (χ3n) is 4.74. The first-order valence-corrected chi connectivity index (χ1v) is 9.78. The van der Waals surface area contributed by atoms with Crippen molar-refractivity contribution in [1.82, 2.24) is 25.3 Å². The van der Waals surface area contributed by atoms with Crippen molar-refractivity contribution in [2.45, 2.75) is 6.92 Å². The smallest absolute Gasteiger partial charge is 0.321 e. The number of aromatic amines is 1. The van der Waals surface area contributed by atoms with E-state index in [0.717, 1.165) is 16.8 Å². The van der Waals surface area contributed by atoms with E-state index in [-0.39, 0.29) is 17.7 Å². The summed E-state index contributed by atoms with van der Waals surface area (Å²) in [6.07, 6.45) is 5.05. The van der Waals surface area contributed by atoms with E-state index >= 15 is 0 Å². The quantitative estimate of drug-likeness (QED) is 0.454. The molecular formula is C22H22FN7O. The third kappa shape index (κ3) is 4.16. The van der Waals surface area contributed by atoms with E-state index in [0.29, 0.717) is 23.1 Å². The van der Waals surface area contributed by atoms with Crippen LogP contribution in [-0.2, 0) is 0 Å². The molecule has 0 saturated heterocycles. The summed E-state index contributed by atoms with van der Waals surface area (Å²) in [7, 11) is 3.87. The third-order valence-corrected chi connectivity index (χ3v) is 4.74. The zero-order chi connectivity index (χ0) is 22.0. The van der Waals surface area contributed by atoms with Crippen molar-refractivity contribution >= 4 is 28.7 Å². The fourth-order valence-corrected chi connectivity index (χ4v) is 3.25. The lowest BCUT2D eigenvalue weighted by molar-refractivity contribution is 0.252. The number of hydrogen-bond acceptors (Lipinski definition) is 5. The van der Waals surface area contributed by atoms with E-state index in [1.807, 2.05) is 44.1 Å². The lowest BCUT2D eigenvalue weighted by Crippen LogP contribution is -2.28. The molecule has 0 radical (unpaired) electrons. The number of fused-ring (bicyclic) bond motifs is 1. The van der Waals surface area contributed by atoms with Crippen molar-refractivity contribution in [3.8, 4) is 22.4 Å². The number of hydrogen-bond donors (Lipinski definition) is 3. The maximum Gasteiger partial charge on any atom is 0.321 e. The Balaban J connectivity index is 1.90. The molecule has 0 spiro atoms. The molecule has 0 aliphatic rings. The minimum absolute atomic E-state index is 0.183. The number of urea groups is 1. The summed E-state index contributed by atoms with van der Waals surface area (Å²) in [6, 6.07) is 8.24. The van der Waals surface area contributed by atoms with Crippen molar-refractivity contribution in [3.63, 3.8) is 0 Å². The number of carbonyl (C=O) groups excluding carboxylic acids is 1. The van der Waals surface area contributed by atoms with Gasteiger partial charge in [0.1, 0.15) is 17.0 Å². The fraction of sp³-hybridized carbons (Fsp3) is 0.182. The molecule has 0 unspecified atom stereocenters. The molecule has 8 nitrogen and oxygen atoms in total. The number of amides is 2. The molecule has 1 aromatic carbocycles. The van der Waals surface area contributed by atoms with Crippen LogP contribution in [0.15, 0.2) is 48.9 Å². The van der Waals surface area contributed by atoms with Gasteiger partial charge in [0.25, 0.3) is 0 Å². The van der Waals surface area contributed by atoms with Crippen LogP contribution in [0.1, 0.15) is 6.92 Å². The molecule has 3 N–H and O–H groups in total. The molecule has 158 valence electrons. The number of anilines is 2. The molecule has 3 heterocycles. The van der Waals surface area contributed by atoms with Gasteiger partial charge in [-0.05, 0) is 42.8 Å². The second kappa shape index (κ2) is 8.39. The lowest BCUT2D eigenvalue weighted by atomic mass is 10.0. The van der Waals surface area contributed by atoms with Crippen LogP contribution in [0.5, 0.6) is 0 Å². The number of rotatable bonds is 5. The van der Waals surface area contributed by atoms with Crippen molar-refractivity contribution in [2.24, 2.45) is 0 Å². The zero-order valence-electron chi connectivity index (χ0n) is 17.4. The van der Waals surface area contributed by atoms with E-state index in [2.05, 4.69) is 30.6 Å². The molecule has 4 aromatic rings. The van der Waals surface area contributed by atoms with Crippen LogP contribution in [-0.4, -0.2) is 46.6 Å². The van der Waals surface area contributed by atoms with Crippen LogP contribution in [0.2, 0.25) is 0 Å². The fourth-order valence-electron chi connectivity index (χ4n) is 3.25. The maximum absolute atomic E-state index is 14.6. The van der Waals surface area contributed by atoms with E-state index in [4.69, 9.17) is 0 Å². The Hall–Kier alpha value is -4.01. The molecule has 9 heteroatoms. The highest BCUT2D eigenvalue weighted by atomic mass is 19.1. The number of nitrogens with zero attached hydrogens (tertiary/aromatic N) is 4. The van der Waals surface area contributed by atoms with Crippen LogP contribution in [0.3, 0.4) is 0 Å². The molecule has 0 fully saturated rings. The van der Waals surface area contributed by atoms with Gasteiger partial charge in [-0.3, -0.25) is 15.3 Å². The molecule has 0 bridgehead atoms. The van der Waals surface area contributed by atoms with Gasteiger partial charge in [-0.2, -0.15) is 0 Å². The summed E-state index contributed by atoms with van der Waals surface area (Å²) in [5.74, 6) is -0.196. The lowest BCUT2D eigenvalue weighted by Gasteiger charge is -2.13. The number of benzene rings is 1. The van der Waals surface area contributed by atoms with Crippen LogP contribution in [0.4, 0.5) is 20.8 Å². The number of pyridine rings is 2. The number of halogens is 1. The number of nitrogens with one attached hydrogen (secondary N) is 3. The molecule has 0 atom stereocenters. The standard InChI is InChI=1S/C22H22FN7O/c1-4-25-22(31)29-21-27-18-10-13(14-8-15(30(2)3)12-24-11-14)9-16(20(18)28-21)19-17(23)6-5-7-26-19/h5-12H,4H2,1-3H3,(H3,25,27,28,29,31). The maximum atomic E-state index is 14.6. The average Bonchev–Trinajstić information content (AvgIpc) is 3.16. The van der Waals surface area contributed by atoms with Crippen molar-refractivity contribution < 1.29 is 9.18 Å². The number of H-pyrrole nitrogens is 1. The summed E-state index contributed by atoms with van der Waals surface area (Å²) in [5.41, 5.74) is 4.45. The minimum Gasteiger partial charge on any atom is -0.376 e. The van der Waals surface area contributed by atoms with Gasteiger partial charge in [0.15, 0.2) is 0 Å². The number of imidazole rings is 1. The van der Waals surface area contributed by atoms with Gasteiger partial charge < -0.3 is 15.2 Å². The molecular weight excluding hydrogens is 397 g/mol. The van der Waals surface area contributed by atoms with Crippen LogP contribution in [0.25, 0.3) is 33.4 Å². The van der Waals surface area contributed by atoms with Crippen molar-refractivity contribution in [2.75, 3.05) is 30.9 Å². The SMILES string of the molecule is CCNC(=O)Nc1nc2c(-c3ncccc3F)cc(-c3cncc(N(C)C)c3)cc2[nH]1. The summed E-state index contributed by atoms with van der Waals surface area (Å²) in [5, 5.41) is 5.31. The van der Waals surface area contributed by atoms with Crippen molar-refractivity contribution in [3.05, 3.63) is 54.7 Å². The Morgan fingerprint density at radius 3 is 2.77 bits per heavy atom. The first kappa shape index (κ1) is 20.3. The molecule has 0 aliphatic heterocycles. The highest BCUT2D eigenvalue weighted by Crippen LogP contribution is 2.34. The highest BCUT2D eigenvalue weighted by molar-refractivity contribution is 5.98. The van der Waals surface area contributed by atoms with E-state index in [1.54, 1.807) is 12.4 Å². The monoisotopic (exact) mass is 419 g/mol. The van der Waals surface area contributed by atoms with E-state index in [1.165, 1.54) is 18.3 Å². The van der Waals surface area contributed by atoms with E-state index in [9.17, 15) is 9.18 Å². The average molecular weight is 419 g/mol. The predicted molar refractivity (Wildman–Crippen MR) is 120 cm³/mol. The van der Waals surface area contributed by atoms with Gasteiger partial charge in [-0.25, -0.2) is 14.2 Å². The minimum atomic E-state index is -0.456. The van der Waals surface area contributed by atoms with Crippen LogP contribution < -0.4 is 15.5 Å². The van der Waals surface area contributed by atoms with E-state index < -0.39 is 5.82 Å². The predicted octanol–water partition coefficient (Wildman–Crippen LogP) is 4.03. The van der Waals surface area contributed by atoms with Gasteiger partial charge >= 0.3 is 6.03 Å². The summed E-state index contributed by atoms with van der Waals surface area (Å²) in [6.45, 7) is 2.30. The Morgan fingerprint density at radius 2 is 2.03 bits per heavy atom. The number of carbonyl (C=O) groups is 1. The first-order valence-electron chi connectivity index (χ1n) is 9.78. The van der Waals surface area contributed by atoms with Crippen LogP contribution >= 0.6 is 0 Å². The van der Waals surface area contributed by atoms with Crippen molar-refractivity contribution in [1.29, 1.82) is 0 Å². The zero-order valence-corrected chi connectivity index (χ0v) is 17.4. The molecule has 4 rings (SSSR count). The van der Waals surface area contributed by atoms with Gasteiger partial charge in [-0.1, -0.05) is 0 Å². The summed E-state index contributed by atoms with van der Waals surface area (Å²) < 4.78 is 14.6. The molecule has 31 heavy (non-hydrogen) atoms. The van der Waals surface area contributed by atoms with Gasteiger partial charge in [-0.15, -0.1) is 0 Å². The number of aromatic nitrogens is 4. The van der Waals surface area contributed by atoms with Crippen LogP contribution in [0, 0.1) is 5.82 Å². The first-order chi connectivity index (χ1) is 15.0. The highest BCUT2D eigenvalue weighted by Gasteiger charge is 2.17. The second-order valence-corrected chi connectivity index (χ2v) is 7.15. The Bertz CT molecular complexity index is 1250. The topological polar surface area (TPSA) is 98.8 Å². The van der Waals surface area contributed by atoms with Gasteiger partial charge in [0.05, 0.1) is 17.4 Å². The molecule has 0 aliphatic carbocycles. The normalized spacial score (nSPS) is 10.8. The summed E-state index contributed by atoms with van der Waals surface area (Å²) in [4.78, 5) is 30.0. The molecule has 3 aromatic heterocycles. The Labute approximate surface area is 178 Å². The molecule has 2 amide bonds.